The number of allylic oxidation sites excluding steroid dienone is 2. The van der Waals surface area contributed by atoms with E-state index in [9.17, 15) is 9.18 Å². The lowest BCUT2D eigenvalue weighted by molar-refractivity contribution is -0.118. The van der Waals surface area contributed by atoms with Gasteiger partial charge in [0, 0.05) is 29.7 Å². The second-order valence-electron chi connectivity index (χ2n) is 8.09. The Kier molecular flexibility index (Phi) is 3.50. The number of benzene rings is 1. The van der Waals surface area contributed by atoms with Gasteiger partial charge in [0.2, 0.25) is 5.95 Å². The monoisotopic (exact) mass is 338 g/mol. The first-order chi connectivity index (χ1) is 11.9. The molecule has 0 bridgehead atoms. The average Bonchev–Trinajstić information content (AvgIpc) is 2.94. The summed E-state index contributed by atoms with van der Waals surface area (Å²) in [5.74, 6) is -0.326. The molecule has 25 heavy (non-hydrogen) atoms. The highest BCUT2D eigenvalue weighted by atomic mass is 19.1. The van der Waals surface area contributed by atoms with Crippen LogP contribution in [0.2, 0.25) is 0 Å². The van der Waals surface area contributed by atoms with E-state index in [0.717, 1.165) is 28.8 Å². The van der Waals surface area contributed by atoms with Gasteiger partial charge in [0.15, 0.2) is 5.78 Å². The van der Waals surface area contributed by atoms with Gasteiger partial charge < -0.3 is 0 Å². The Bertz CT molecular complexity index is 879. The summed E-state index contributed by atoms with van der Waals surface area (Å²) in [5, 5.41) is 6.75. The number of nitrogens with zero attached hydrogens (tertiary/aromatic N) is 1. The second kappa shape index (κ2) is 5.38. The van der Waals surface area contributed by atoms with E-state index in [-0.39, 0.29) is 11.2 Å². The van der Waals surface area contributed by atoms with Crippen LogP contribution in [-0.2, 0) is 16.6 Å². The molecule has 130 valence electrons. The van der Waals surface area contributed by atoms with Gasteiger partial charge in [0.25, 0.3) is 0 Å². The predicted octanol–water partition coefficient (Wildman–Crippen LogP) is 4.49. The van der Waals surface area contributed by atoms with E-state index in [0.29, 0.717) is 24.8 Å². The number of carbonyl (C=O) groups excluding carboxylic acids is 1. The molecule has 4 heteroatoms. The Morgan fingerprint density at radius 3 is 2.60 bits per heavy atom. The molecule has 1 aromatic carbocycles. The number of fused-ring (bicyclic) bond motifs is 1. The standard InChI is InChI=1S/C21H23FN2O/c1-4-21(14-8-6-5-7-9-14)17-13(11-20(2,3)12-16(17)25)10-15-18(21)19(22)24-23-15/h5-9H,4,10-12H2,1-3H3,(H,23,24)/t21-/m0/s1. The summed E-state index contributed by atoms with van der Waals surface area (Å²) < 4.78 is 14.8. The van der Waals surface area contributed by atoms with Crippen LogP contribution in [0.5, 0.6) is 0 Å². The van der Waals surface area contributed by atoms with Crippen LogP contribution in [-0.4, -0.2) is 16.0 Å². The first kappa shape index (κ1) is 16.2. The van der Waals surface area contributed by atoms with Crippen LogP contribution in [0, 0.1) is 11.4 Å². The molecule has 1 heterocycles. The highest BCUT2D eigenvalue weighted by molar-refractivity contribution is 6.01. The average molecular weight is 338 g/mol. The van der Waals surface area contributed by atoms with Crippen LogP contribution >= 0.6 is 0 Å². The van der Waals surface area contributed by atoms with E-state index in [4.69, 9.17) is 0 Å². The zero-order valence-corrected chi connectivity index (χ0v) is 14.9. The summed E-state index contributed by atoms with van der Waals surface area (Å²) in [5.41, 5.74) is 3.51. The van der Waals surface area contributed by atoms with Crippen molar-refractivity contribution in [1.29, 1.82) is 0 Å². The molecule has 1 N–H and O–H groups in total. The minimum Gasteiger partial charge on any atom is -0.294 e. The molecule has 1 aromatic heterocycles. The highest BCUT2D eigenvalue weighted by Crippen LogP contribution is 2.54. The van der Waals surface area contributed by atoms with Crippen molar-refractivity contribution in [2.75, 3.05) is 0 Å². The van der Waals surface area contributed by atoms with E-state index >= 15 is 0 Å². The second-order valence-corrected chi connectivity index (χ2v) is 8.09. The maximum absolute atomic E-state index is 14.8. The van der Waals surface area contributed by atoms with Crippen molar-refractivity contribution < 1.29 is 9.18 Å². The zero-order chi connectivity index (χ0) is 17.8. The number of aromatic amines is 1. The van der Waals surface area contributed by atoms with Gasteiger partial charge in [-0.3, -0.25) is 9.89 Å². The Morgan fingerprint density at radius 2 is 1.92 bits per heavy atom. The molecule has 0 saturated heterocycles. The Labute approximate surface area is 147 Å². The van der Waals surface area contributed by atoms with E-state index in [1.165, 1.54) is 0 Å². The summed E-state index contributed by atoms with van der Waals surface area (Å²) >= 11 is 0. The number of hydrogen-bond acceptors (Lipinski definition) is 2. The Hall–Kier alpha value is -2.23. The highest BCUT2D eigenvalue weighted by Gasteiger charge is 2.51. The quantitative estimate of drug-likeness (QED) is 0.877. The lowest BCUT2D eigenvalue weighted by atomic mass is 9.57. The summed E-state index contributed by atoms with van der Waals surface area (Å²) in [6.45, 7) is 6.30. The minimum atomic E-state index is -0.741. The fraction of sp³-hybridized carbons (Fsp3) is 0.429. The van der Waals surface area contributed by atoms with Gasteiger partial charge in [-0.15, -0.1) is 5.10 Å². The molecule has 1 atom stereocenters. The molecule has 0 amide bonds. The van der Waals surface area contributed by atoms with Crippen molar-refractivity contribution in [1.82, 2.24) is 10.2 Å². The third kappa shape index (κ3) is 2.23. The first-order valence-electron chi connectivity index (χ1n) is 8.93. The number of ketones is 1. The molecule has 2 aromatic rings. The van der Waals surface area contributed by atoms with Gasteiger partial charge in [-0.25, -0.2) is 0 Å². The van der Waals surface area contributed by atoms with Crippen molar-refractivity contribution in [3.63, 3.8) is 0 Å². The number of rotatable bonds is 2. The van der Waals surface area contributed by atoms with Gasteiger partial charge in [0.05, 0.1) is 5.41 Å². The van der Waals surface area contributed by atoms with E-state index in [1.807, 2.05) is 37.3 Å². The fourth-order valence-corrected chi connectivity index (χ4v) is 4.96. The first-order valence-corrected chi connectivity index (χ1v) is 8.93. The molecule has 0 saturated carbocycles. The maximum atomic E-state index is 14.8. The fourth-order valence-electron chi connectivity index (χ4n) is 4.96. The molecule has 4 rings (SSSR count). The molecule has 0 unspecified atom stereocenters. The smallest absolute Gasteiger partial charge is 0.237 e. The zero-order valence-electron chi connectivity index (χ0n) is 14.9. The third-order valence-electron chi connectivity index (χ3n) is 5.80. The van der Waals surface area contributed by atoms with Crippen molar-refractivity contribution in [3.05, 3.63) is 64.2 Å². The van der Waals surface area contributed by atoms with E-state index in [2.05, 4.69) is 24.0 Å². The lowest BCUT2D eigenvalue weighted by Crippen LogP contribution is -2.42. The molecular formula is C21H23FN2O. The number of H-pyrrole nitrogens is 1. The van der Waals surface area contributed by atoms with Crippen LogP contribution in [0.25, 0.3) is 0 Å². The molecule has 2 aliphatic rings. The minimum absolute atomic E-state index is 0.0534. The van der Waals surface area contributed by atoms with Crippen LogP contribution in [0.4, 0.5) is 4.39 Å². The number of aromatic nitrogens is 2. The number of nitrogens with one attached hydrogen (secondary N) is 1. The van der Waals surface area contributed by atoms with Crippen molar-refractivity contribution in [3.8, 4) is 0 Å². The lowest BCUT2D eigenvalue weighted by Gasteiger charge is -2.45. The number of Topliss-reactive ketones (excluding diaryl/α,β-unsaturated/α-hetero) is 1. The number of carbonyl (C=O) groups is 1. The normalized spacial score (nSPS) is 24.9. The van der Waals surface area contributed by atoms with Gasteiger partial charge in [-0.1, -0.05) is 56.7 Å². The van der Waals surface area contributed by atoms with Crippen LogP contribution in [0.1, 0.15) is 56.9 Å². The van der Waals surface area contributed by atoms with Crippen LogP contribution in [0.3, 0.4) is 0 Å². The largest absolute Gasteiger partial charge is 0.294 e. The summed E-state index contributed by atoms with van der Waals surface area (Å²) in [7, 11) is 0. The molecule has 3 nitrogen and oxygen atoms in total. The Morgan fingerprint density at radius 1 is 1.20 bits per heavy atom. The van der Waals surface area contributed by atoms with Crippen LogP contribution in [0.15, 0.2) is 41.5 Å². The topological polar surface area (TPSA) is 45.8 Å². The van der Waals surface area contributed by atoms with Gasteiger partial charge in [-0.2, -0.15) is 4.39 Å². The van der Waals surface area contributed by atoms with Gasteiger partial charge in [0.1, 0.15) is 0 Å². The molecule has 0 fully saturated rings. The number of halogens is 1. The van der Waals surface area contributed by atoms with Crippen molar-refractivity contribution >= 4 is 5.78 Å². The number of hydrogen-bond donors (Lipinski definition) is 1. The molecule has 0 spiro atoms. The van der Waals surface area contributed by atoms with Gasteiger partial charge in [-0.05, 0) is 23.8 Å². The van der Waals surface area contributed by atoms with Crippen molar-refractivity contribution in [2.24, 2.45) is 5.41 Å². The van der Waals surface area contributed by atoms with E-state index < -0.39 is 11.4 Å². The molecule has 0 aliphatic heterocycles. The van der Waals surface area contributed by atoms with E-state index in [1.54, 1.807) is 0 Å². The summed E-state index contributed by atoms with van der Waals surface area (Å²) in [4.78, 5) is 13.2. The Balaban J connectivity index is 2.06. The summed E-state index contributed by atoms with van der Waals surface area (Å²) in [6, 6.07) is 9.86. The third-order valence-corrected chi connectivity index (χ3v) is 5.80. The SMILES string of the molecule is CC[C@]1(c2ccccc2)C2=C(Cc3[nH]nc(F)c31)CC(C)(C)CC2=O. The summed E-state index contributed by atoms with van der Waals surface area (Å²) in [6.07, 6.45) is 2.59. The van der Waals surface area contributed by atoms with Crippen molar-refractivity contribution in [2.45, 2.75) is 51.9 Å². The molecule has 2 aliphatic carbocycles. The molecule has 0 radical (unpaired) electrons. The van der Waals surface area contributed by atoms with Crippen LogP contribution < -0.4 is 0 Å². The molecular weight excluding hydrogens is 315 g/mol. The predicted molar refractivity (Wildman–Crippen MR) is 94.8 cm³/mol. The van der Waals surface area contributed by atoms with Gasteiger partial charge >= 0.3 is 0 Å². The maximum Gasteiger partial charge on any atom is 0.237 e.